The number of carboxylic acid groups (broad SMARTS) is 2. The predicted molar refractivity (Wildman–Crippen MR) is 113 cm³/mol. The van der Waals surface area contributed by atoms with Crippen molar-refractivity contribution in [2.24, 2.45) is 5.92 Å². The summed E-state index contributed by atoms with van der Waals surface area (Å²) in [6.07, 6.45) is 7.73. The number of nitrogens with zero attached hydrogens (tertiary/aromatic N) is 1. The number of fused-ring (bicyclic) bond motifs is 1. The molecular weight excluding hydrogens is 402 g/mol. The van der Waals surface area contributed by atoms with Gasteiger partial charge in [0.15, 0.2) is 12.2 Å². The Balaban J connectivity index is 0.000000233. The number of aromatic hydroxyl groups is 1. The summed E-state index contributed by atoms with van der Waals surface area (Å²) < 4.78 is 0. The van der Waals surface area contributed by atoms with Crippen LogP contribution in [0.25, 0.3) is 0 Å². The van der Waals surface area contributed by atoms with Gasteiger partial charge in [-0.2, -0.15) is 0 Å². The van der Waals surface area contributed by atoms with Gasteiger partial charge in [-0.05, 0) is 68.0 Å². The van der Waals surface area contributed by atoms with Crippen LogP contribution in [0.4, 0.5) is 0 Å². The molecule has 1 saturated heterocycles. The van der Waals surface area contributed by atoms with E-state index < -0.39 is 24.1 Å². The highest BCUT2D eigenvalue weighted by Crippen LogP contribution is 2.56. The molecule has 1 aromatic rings. The number of carboxylic acids is 2. The van der Waals surface area contributed by atoms with Crippen LogP contribution in [0, 0.1) is 5.92 Å². The molecule has 0 aromatic heterocycles. The molecule has 0 radical (unpaired) electrons. The fraction of sp³-hybridized carbons (Fsp3) is 0.565. The Kier molecular flexibility index (Phi) is 6.91. The number of allylic oxidation sites excluding steroid dienone is 1. The number of aliphatic hydroxyl groups excluding tert-OH is 2. The molecule has 3 aliphatic rings. The maximum atomic E-state index is 9.99. The fourth-order valence-corrected chi connectivity index (χ4v) is 5.67. The first-order valence-electron chi connectivity index (χ1n) is 10.7. The second kappa shape index (κ2) is 9.28. The average molecular weight is 434 g/mol. The van der Waals surface area contributed by atoms with E-state index in [-0.39, 0.29) is 0 Å². The maximum absolute atomic E-state index is 9.99. The lowest BCUT2D eigenvalue weighted by Crippen LogP contribution is -2.59. The van der Waals surface area contributed by atoms with Crippen LogP contribution >= 0.6 is 0 Å². The van der Waals surface area contributed by atoms with Gasteiger partial charge in [0.05, 0.1) is 0 Å². The molecule has 0 unspecified atom stereocenters. The van der Waals surface area contributed by atoms with Crippen LogP contribution in [0.15, 0.2) is 30.5 Å². The van der Waals surface area contributed by atoms with Crippen molar-refractivity contribution in [1.29, 1.82) is 0 Å². The molecule has 0 spiro atoms. The largest absolute Gasteiger partial charge is 0.508 e. The normalized spacial score (nSPS) is 28.5. The van der Waals surface area contributed by atoms with Crippen molar-refractivity contribution in [2.45, 2.75) is 69.1 Å². The van der Waals surface area contributed by atoms with E-state index in [1.54, 1.807) is 0 Å². The molecule has 5 N–H and O–H groups in total. The third kappa shape index (κ3) is 4.41. The third-order valence-electron chi connectivity index (χ3n) is 7.01. The van der Waals surface area contributed by atoms with Gasteiger partial charge in [0, 0.05) is 18.0 Å². The van der Waals surface area contributed by atoms with Crippen LogP contribution in [-0.2, 0) is 21.4 Å². The van der Waals surface area contributed by atoms with E-state index in [0.29, 0.717) is 17.2 Å². The zero-order valence-electron chi connectivity index (χ0n) is 17.6. The standard InChI is InChI=1S/C19H25NO.C4H6O6/c1-2-10-20-11-9-19-8-4-3-5-16(19)18(20)12-14-6-7-15(21)13-17(14)19;5-1(3(7)8)2(6)4(9)10/h2,6-7,10,13,16,18,21H,3-5,8-9,11-12H2,1H3;1-2,5-6H,(H,7,8)(H,9,10)/b10-2+;/t16-,18+,19+;1-,2-/m01/s1. The lowest BCUT2D eigenvalue weighted by Gasteiger charge is -2.59. The minimum Gasteiger partial charge on any atom is -0.508 e. The van der Waals surface area contributed by atoms with E-state index in [1.807, 2.05) is 6.07 Å². The molecule has 1 saturated carbocycles. The molecule has 1 heterocycles. The predicted octanol–water partition coefficient (Wildman–Crippen LogP) is 1.86. The summed E-state index contributed by atoms with van der Waals surface area (Å²) in [4.78, 5) is 22.1. The number of likely N-dealkylation sites (tertiary alicyclic amines) is 1. The van der Waals surface area contributed by atoms with Gasteiger partial charge in [-0.3, -0.25) is 0 Å². The van der Waals surface area contributed by atoms with Gasteiger partial charge in [0.1, 0.15) is 5.75 Å². The highest BCUT2D eigenvalue weighted by molar-refractivity contribution is 5.83. The van der Waals surface area contributed by atoms with Gasteiger partial charge in [0.25, 0.3) is 0 Å². The number of aliphatic hydroxyl groups is 2. The fourth-order valence-electron chi connectivity index (χ4n) is 5.67. The van der Waals surface area contributed by atoms with Gasteiger partial charge in [-0.15, -0.1) is 0 Å². The molecule has 2 aliphatic carbocycles. The van der Waals surface area contributed by atoms with E-state index in [4.69, 9.17) is 20.4 Å². The zero-order valence-corrected chi connectivity index (χ0v) is 17.6. The van der Waals surface area contributed by atoms with Crippen molar-refractivity contribution < 1.29 is 35.1 Å². The first kappa shape index (κ1) is 23.1. The number of phenols is 1. The van der Waals surface area contributed by atoms with Crippen molar-refractivity contribution in [3.63, 3.8) is 0 Å². The van der Waals surface area contributed by atoms with Gasteiger partial charge >= 0.3 is 11.9 Å². The quantitative estimate of drug-likeness (QED) is 0.485. The number of phenolic OH excluding ortho intramolecular Hbond substituents is 1. The number of aliphatic carboxylic acids is 2. The topological polar surface area (TPSA) is 139 Å². The van der Waals surface area contributed by atoms with E-state index >= 15 is 0 Å². The second-order valence-corrected chi connectivity index (χ2v) is 8.66. The van der Waals surface area contributed by atoms with E-state index in [0.717, 1.165) is 12.3 Å². The summed E-state index contributed by atoms with van der Waals surface area (Å²) in [5.74, 6) is -2.32. The Labute approximate surface area is 181 Å². The third-order valence-corrected chi connectivity index (χ3v) is 7.01. The van der Waals surface area contributed by atoms with Crippen LogP contribution in [0.2, 0.25) is 0 Å². The van der Waals surface area contributed by atoms with Gasteiger partial charge < -0.3 is 30.4 Å². The molecule has 170 valence electrons. The Morgan fingerprint density at radius 2 is 1.81 bits per heavy atom. The van der Waals surface area contributed by atoms with Crippen LogP contribution in [0.5, 0.6) is 5.75 Å². The van der Waals surface area contributed by atoms with E-state index in [1.165, 1.54) is 49.8 Å². The van der Waals surface area contributed by atoms with Gasteiger partial charge in [0.2, 0.25) is 0 Å². The van der Waals surface area contributed by atoms with Gasteiger partial charge in [-0.1, -0.05) is 25.0 Å². The average Bonchev–Trinajstić information content (AvgIpc) is 2.75. The summed E-state index contributed by atoms with van der Waals surface area (Å²) in [6.45, 7) is 3.29. The first-order chi connectivity index (χ1) is 14.7. The van der Waals surface area contributed by atoms with E-state index in [9.17, 15) is 14.7 Å². The van der Waals surface area contributed by atoms with Crippen molar-refractivity contribution in [3.05, 3.63) is 41.6 Å². The maximum Gasteiger partial charge on any atom is 0.335 e. The summed E-state index contributed by atoms with van der Waals surface area (Å²) in [7, 11) is 0. The number of hydrogen-bond acceptors (Lipinski definition) is 6. The monoisotopic (exact) mass is 433 g/mol. The van der Waals surface area contributed by atoms with Crippen molar-refractivity contribution in [3.8, 4) is 5.75 Å². The van der Waals surface area contributed by atoms with Crippen LogP contribution < -0.4 is 0 Å². The van der Waals surface area contributed by atoms with Crippen molar-refractivity contribution in [2.75, 3.05) is 6.54 Å². The molecule has 4 rings (SSSR count). The Morgan fingerprint density at radius 1 is 1.13 bits per heavy atom. The second-order valence-electron chi connectivity index (χ2n) is 8.66. The van der Waals surface area contributed by atoms with Crippen LogP contribution in [0.1, 0.15) is 50.2 Å². The molecule has 8 nitrogen and oxygen atoms in total. The van der Waals surface area contributed by atoms with Crippen molar-refractivity contribution >= 4 is 11.9 Å². The van der Waals surface area contributed by atoms with Crippen LogP contribution in [0.3, 0.4) is 0 Å². The smallest absolute Gasteiger partial charge is 0.335 e. The number of benzene rings is 1. The highest BCUT2D eigenvalue weighted by Gasteiger charge is 2.53. The summed E-state index contributed by atoms with van der Waals surface area (Å²) in [5.41, 5.74) is 3.29. The molecule has 0 amide bonds. The molecule has 8 heteroatoms. The summed E-state index contributed by atoms with van der Waals surface area (Å²) >= 11 is 0. The summed E-state index contributed by atoms with van der Waals surface area (Å²) in [6, 6.07) is 6.78. The minimum absolute atomic E-state index is 0.341. The molecule has 1 aromatic carbocycles. The first-order valence-corrected chi connectivity index (χ1v) is 10.7. The number of carbonyl (C=O) groups is 2. The molecule has 31 heavy (non-hydrogen) atoms. The Bertz CT molecular complexity index is 836. The van der Waals surface area contributed by atoms with Crippen LogP contribution in [-0.4, -0.2) is 67.2 Å². The lowest BCUT2D eigenvalue weighted by atomic mass is 9.52. The zero-order chi connectivity index (χ0) is 22.8. The number of piperidine rings is 1. The number of rotatable bonds is 4. The van der Waals surface area contributed by atoms with Crippen molar-refractivity contribution in [1.82, 2.24) is 4.90 Å². The highest BCUT2D eigenvalue weighted by atomic mass is 16.4. The molecule has 1 aliphatic heterocycles. The lowest BCUT2D eigenvalue weighted by molar-refractivity contribution is -0.165. The molecular formula is C23H31NO7. The Morgan fingerprint density at radius 3 is 2.42 bits per heavy atom. The SMILES string of the molecule is C/C=C/N1CC[C@]23CCCC[C@H]2[C@H]1Cc1ccc(O)cc13.O=C(O)[C@H](O)[C@@H](O)C(=O)O. The molecule has 5 atom stereocenters. The number of hydrogen-bond donors (Lipinski definition) is 5. The summed E-state index contributed by atoms with van der Waals surface area (Å²) in [5, 5.41) is 42.5. The van der Waals surface area contributed by atoms with E-state index in [2.05, 4.69) is 36.2 Å². The molecule has 2 fully saturated rings. The van der Waals surface area contributed by atoms with Gasteiger partial charge in [-0.25, -0.2) is 9.59 Å². The minimum atomic E-state index is -2.27. The Hall–Kier alpha value is -2.58. The molecule has 2 bridgehead atoms.